The van der Waals surface area contributed by atoms with Gasteiger partial charge in [0.15, 0.2) is 11.5 Å². The van der Waals surface area contributed by atoms with Crippen LogP contribution in [0, 0.1) is 6.92 Å². The third kappa shape index (κ3) is 1.85. The van der Waals surface area contributed by atoms with E-state index in [1.807, 2.05) is 0 Å². The summed E-state index contributed by atoms with van der Waals surface area (Å²) in [6, 6.07) is 1.40. The van der Waals surface area contributed by atoms with Crippen molar-refractivity contribution in [1.29, 1.82) is 0 Å². The van der Waals surface area contributed by atoms with Crippen molar-refractivity contribution in [2.24, 2.45) is 5.90 Å². The molecule has 1 aromatic rings. The number of hydrogen-bond donors (Lipinski definition) is 3. The SMILES string of the molecule is Cc1cc(O)c(O)c(Cl)c1CON. The molecule has 0 aliphatic heterocycles. The van der Waals surface area contributed by atoms with Gasteiger partial charge in [0.2, 0.25) is 0 Å². The summed E-state index contributed by atoms with van der Waals surface area (Å²) in [7, 11) is 0. The van der Waals surface area contributed by atoms with Crippen molar-refractivity contribution in [3.8, 4) is 11.5 Å². The lowest BCUT2D eigenvalue weighted by atomic mass is 10.1. The minimum Gasteiger partial charge on any atom is -0.504 e. The Labute approximate surface area is 80.5 Å². The van der Waals surface area contributed by atoms with Crippen LogP contribution in [0.2, 0.25) is 5.02 Å². The number of rotatable bonds is 2. The van der Waals surface area contributed by atoms with E-state index in [2.05, 4.69) is 4.84 Å². The smallest absolute Gasteiger partial charge is 0.176 e. The maximum Gasteiger partial charge on any atom is 0.176 e. The first-order valence-corrected chi connectivity index (χ1v) is 3.97. The van der Waals surface area contributed by atoms with Crippen LogP contribution in [0.15, 0.2) is 6.07 Å². The highest BCUT2D eigenvalue weighted by Crippen LogP contribution is 2.37. The number of phenols is 2. The molecule has 0 atom stereocenters. The molecule has 0 unspecified atom stereocenters. The highest BCUT2D eigenvalue weighted by molar-refractivity contribution is 6.33. The molecule has 72 valence electrons. The minimum absolute atomic E-state index is 0.0722. The summed E-state index contributed by atoms with van der Waals surface area (Å²) in [5.41, 5.74) is 1.28. The molecular formula is C8H10ClNO3. The monoisotopic (exact) mass is 203 g/mol. The van der Waals surface area contributed by atoms with Crippen LogP contribution in [0.1, 0.15) is 11.1 Å². The Morgan fingerprint density at radius 3 is 2.69 bits per heavy atom. The van der Waals surface area contributed by atoms with Gasteiger partial charge in [-0.25, -0.2) is 5.90 Å². The molecular weight excluding hydrogens is 194 g/mol. The lowest BCUT2D eigenvalue weighted by Crippen LogP contribution is -2.01. The second-order valence-corrected chi connectivity index (χ2v) is 3.04. The average molecular weight is 204 g/mol. The van der Waals surface area contributed by atoms with Gasteiger partial charge in [0.1, 0.15) is 0 Å². The predicted molar refractivity (Wildman–Crippen MR) is 48.5 cm³/mol. The summed E-state index contributed by atoms with van der Waals surface area (Å²) in [5, 5.41) is 18.5. The second-order valence-electron chi connectivity index (χ2n) is 2.66. The van der Waals surface area contributed by atoms with Gasteiger partial charge in [-0.3, -0.25) is 4.84 Å². The lowest BCUT2D eigenvalue weighted by molar-refractivity contribution is 0.123. The quantitative estimate of drug-likeness (QED) is 0.502. The molecule has 4 nitrogen and oxygen atoms in total. The van der Waals surface area contributed by atoms with Gasteiger partial charge >= 0.3 is 0 Å². The summed E-state index contributed by atoms with van der Waals surface area (Å²) < 4.78 is 0. The molecule has 0 fully saturated rings. The summed E-state index contributed by atoms with van der Waals surface area (Å²) in [6.07, 6.45) is 0. The molecule has 0 amide bonds. The van der Waals surface area contributed by atoms with Gasteiger partial charge in [0.05, 0.1) is 11.6 Å². The van der Waals surface area contributed by atoms with E-state index in [4.69, 9.17) is 22.6 Å². The maximum absolute atomic E-state index is 9.26. The normalized spacial score (nSPS) is 10.4. The Hall–Kier alpha value is -0.970. The highest BCUT2D eigenvalue weighted by Gasteiger charge is 2.13. The minimum atomic E-state index is -0.348. The van der Waals surface area contributed by atoms with Gasteiger partial charge in [-0.2, -0.15) is 0 Å². The molecule has 0 spiro atoms. The molecule has 0 aromatic heterocycles. The Morgan fingerprint density at radius 1 is 1.54 bits per heavy atom. The molecule has 0 radical (unpaired) electrons. The van der Waals surface area contributed by atoms with Crippen LogP contribution in [0.5, 0.6) is 11.5 Å². The van der Waals surface area contributed by atoms with Crippen LogP contribution in [-0.4, -0.2) is 10.2 Å². The molecule has 1 rings (SSSR count). The largest absolute Gasteiger partial charge is 0.504 e. The molecule has 0 aliphatic carbocycles. The Morgan fingerprint density at radius 2 is 2.15 bits per heavy atom. The van der Waals surface area contributed by atoms with Gasteiger partial charge in [0, 0.05) is 5.56 Å². The van der Waals surface area contributed by atoms with E-state index in [0.717, 1.165) is 0 Å². The molecule has 5 heteroatoms. The van der Waals surface area contributed by atoms with Crippen LogP contribution >= 0.6 is 11.6 Å². The topological polar surface area (TPSA) is 75.7 Å². The number of aromatic hydroxyl groups is 2. The van der Waals surface area contributed by atoms with Gasteiger partial charge in [-0.1, -0.05) is 11.6 Å². The second kappa shape index (κ2) is 3.83. The van der Waals surface area contributed by atoms with Crippen molar-refractivity contribution in [3.63, 3.8) is 0 Å². The van der Waals surface area contributed by atoms with Crippen molar-refractivity contribution in [2.45, 2.75) is 13.5 Å². The number of benzene rings is 1. The third-order valence-electron chi connectivity index (χ3n) is 1.77. The van der Waals surface area contributed by atoms with E-state index in [1.54, 1.807) is 6.92 Å². The summed E-state index contributed by atoms with van der Waals surface area (Å²) >= 11 is 5.74. The van der Waals surface area contributed by atoms with Crippen molar-refractivity contribution < 1.29 is 15.1 Å². The van der Waals surface area contributed by atoms with Crippen molar-refractivity contribution in [3.05, 3.63) is 22.2 Å². The summed E-state index contributed by atoms with van der Waals surface area (Å²) in [4.78, 5) is 4.41. The van der Waals surface area contributed by atoms with Crippen LogP contribution in [0.25, 0.3) is 0 Å². The number of nitrogens with two attached hydrogens (primary N) is 1. The molecule has 4 N–H and O–H groups in total. The number of aryl methyl sites for hydroxylation is 1. The average Bonchev–Trinajstić information content (AvgIpc) is 2.09. The molecule has 0 aliphatic rings. The zero-order valence-corrected chi connectivity index (χ0v) is 7.80. The van der Waals surface area contributed by atoms with Crippen LogP contribution in [0.3, 0.4) is 0 Å². The van der Waals surface area contributed by atoms with E-state index in [-0.39, 0.29) is 23.1 Å². The Bertz CT molecular complexity index is 328. The van der Waals surface area contributed by atoms with Crippen molar-refractivity contribution in [1.82, 2.24) is 0 Å². The Balaban J connectivity index is 3.26. The third-order valence-corrected chi connectivity index (χ3v) is 2.18. The number of phenolic OH excluding ortho intramolecular Hbond substituents is 2. The summed E-state index contributed by atoms with van der Waals surface area (Å²) in [6.45, 7) is 1.83. The zero-order chi connectivity index (χ0) is 10.0. The molecule has 0 saturated carbocycles. The molecule has 0 saturated heterocycles. The molecule has 13 heavy (non-hydrogen) atoms. The fraction of sp³-hybridized carbons (Fsp3) is 0.250. The first-order valence-electron chi connectivity index (χ1n) is 3.59. The van der Waals surface area contributed by atoms with Crippen molar-refractivity contribution in [2.75, 3.05) is 0 Å². The standard InChI is InChI=1S/C8H10ClNO3/c1-4-2-6(11)8(12)7(9)5(4)3-13-10/h2,11-12H,3,10H2,1H3. The van der Waals surface area contributed by atoms with Crippen LogP contribution < -0.4 is 5.90 Å². The van der Waals surface area contributed by atoms with Gasteiger partial charge < -0.3 is 10.2 Å². The zero-order valence-electron chi connectivity index (χ0n) is 7.04. The predicted octanol–water partition coefficient (Wildman–Crippen LogP) is 1.45. The first-order chi connectivity index (χ1) is 6.07. The number of hydrogen-bond acceptors (Lipinski definition) is 4. The van der Waals surface area contributed by atoms with E-state index in [0.29, 0.717) is 11.1 Å². The Kier molecular flexibility index (Phi) is 2.98. The fourth-order valence-corrected chi connectivity index (χ4v) is 1.35. The molecule has 0 bridgehead atoms. The van der Waals surface area contributed by atoms with Gasteiger partial charge in [0.25, 0.3) is 0 Å². The highest BCUT2D eigenvalue weighted by atomic mass is 35.5. The van der Waals surface area contributed by atoms with Crippen LogP contribution in [-0.2, 0) is 11.4 Å². The van der Waals surface area contributed by atoms with E-state index in [1.165, 1.54) is 6.07 Å². The maximum atomic E-state index is 9.26. The molecule has 0 heterocycles. The fourth-order valence-electron chi connectivity index (χ4n) is 1.05. The number of halogens is 1. The van der Waals surface area contributed by atoms with Gasteiger partial charge in [-0.15, -0.1) is 0 Å². The lowest BCUT2D eigenvalue weighted by Gasteiger charge is -2.09. The first kappa shape index (κ1) is 10.1. The molecule has 1 aromatic carbocycles. The van der Waals surface area contributed by atoms with Crippen molar-refractivity contribution >= 4 is 11.6 Å². The van der Waals surface area contributed by atoms with Gasteiger partial charge in [-0.05, 0) is 18.6 Å². The van der Waals surface area contributed by atoms with E-state index in [9.17, 15) is 5.11 Å². The van der Waals surface area contributed by atoms with E-state index >= 15 is 0 Å². The van der Waals surface area contributed by atoms with E-state index < -0.39 is 0 Å². The van der Waals surface area contributed by atoms with Crippen LogP contribution in [0.4, 0.5) is 0 Å². The summed E-state index contributed by atoms with van der Waals surface area (Å²) in [5.74, 6) is 4.29.